The molecule has 0 atom stereocenters. The van der Waals surface area contributed by atoms with Crippen LogP contribution in [0.2, 0.25) is 5.02 Å². The maximum atomic E-state index is 6.26. The molecule has 3 rings (SSSR count). The Bertz CT molecular complexity index is 563. The van der Waals surface area contributed by atoms with Crippen molar-refractivity contribution in [3.8, 4) is 11.4 Å². The van der Waals surface area contributed by atoms with Crippen LogP contribution >= 0.6 is 11.6 Å². The average Bonchev–Trinajstić information content (AvgIpc) is 2.76. The van der Waals surface area contributed by atoms with Crippen molar-refractivity contribution in [2.24, 2.45) is 0 Å². The largest absolute Gasteiger partial charge is 0.497 e. The quantitative estimate of drug-likeness (QED) is 0.923. The van der Waals surface area contributed by atoms with Crippen molar-refractivity contribution in [1.29, 1.82) is 0 Å². The number of nitrogens with zero attached hydrogens (tertiary/aromatic N) is 2. The summed E-state index contributed by atoms with van der Waals surface area (Å²) in [6.45, 7) is 1.99. The Kier molecular flexibility index (Phi) is 2.97. The third-order valence-corrected chi connectivity index (χ3v) is 3.60. The van der Waals surface area contributed by atoms with E-state index in [0.29, 0.717) is 10.9 Å². The molecule has 94 valence electrons. The van der Waals surface area contributed by atoms with Gasteiger partial charge in [-0.05, 0) is 12.1 Å². The zero-order valence-corrected chi connectivity index (χ0v) is 10.8. The fraction of sp³-hybridized carbons (Fsp3) is 0.308. The minimum Gasteiger partial charge on any atom is -0.497 e. The Morgan fingerprint density at radius 1 is 1.44 bits per heavy atom. The second-order valence-electron chi connectivity index (χ2n) is 4.36. The number of halogens is 1. The van der Waals surface area contributed by atoms with E-state index in [1.807, 2.05) is 29.0 Å². The van der Waals surface area contributed by atoms with E-state index in [1.165, 1.54) is 5.69 Å². The minimum absolute atomic E-state index is 0.509. The number of hydrogen-bond donors (Lipinski definition) is 1. The molecule has 0 radical (unpaired) electrons. The zero-order chi connectivity index (χ0) is 12.5. The van der Waals surface area contributed by atoms with Gasteiger partial charge in [-0.2, -0.15) is 0 Å². The van der Waals surface area contributed by atoms with Gasteiger partial charge in [-0.1, -0.05) is 11.6 Å². The summed E-state index contributed by atoms with van der Waals surface area (Å²) in [4.78, 5) is 4.23. The van der Waals surface area contributed by atoms with Crippen LogP contribution in [0.3, 0.4) is 0 Å². The molecule has 1 aliphatic rings. The number of benzene rings is 1. The van der Waals surface area contributed by atoms with Gasteiger partial charge >= 0.3 is 0 Å². The first-order valence-corrected chi connectivity index (χ1v) is 6.24. The number of ether oxygens (including phenoxy) is 1. The Morgan fingerprint density at radius 3 is 2.94 bits per heavy atom. The molecule has 1 aromatic heterocycles. The number of imidazole rings is 1. The van der Waals surface area contributed by atoms with Crippen LogP contribution in [0.5, 0.6) is 5.75 Å². The highest BCUT2D eigenvalue weighted by Crippen LogP contribution is 2.29. The summed E-state index contributed by atoms with van der Waals surface area (Å²) in [5.74, 6) is 1.30. The van der Waals surface area contributed by atoms with E-state index in [0.717, 1.165) is 24.5 Å². The molecule has 1 saturated heterocycles. The summed E-state index contributed by atoms with van der Waals surface area (Å²) in [6.07, 6.45) is 3.70. The molecule has 18 heavy (non-hydrogen) atoms. The topological polar surface area (TPSA) is 39.1 Å². The van der Waals surface area contributed by atoms with Gasteiger partial charge in [0.25, 0.3) is 0 Å². The fourth-order valence-corrected chi connectivity index (χ4v) is 2.32. The molecule has 1 fully saturated rings. The zero-order valence-electron chi connectivity index (χ0n) is 10.1. The summed E-state index contributed by atoms with van der Waals surface area (Å²) in [5.41, 5.74) is 2.10. The van der Waals surface area contributed by atoms with Gasteiger partial charge < -0.3 is 14.6 Å². The van der Waals surface area contributed by atoms with Crippen LogP contribution in [0, 0.1) is 0 Å². The van der Waals surface area contributed by atoms with E-state index in [4.69, 9.17) is 16.3 Å². The van der Waals surface area contributed by atoms with E-state index >= 15 is 0 Å². The van der Waals surface area contributed by atoms with Crippen LogP contribution in [0.15, 0.2) is 30.7 Å². The van der Waals surface area contributed by atoms with Crippen molar-refractivity contribution in [2.45, 2.75) is 5.92 Å². The molecular weight excluding hydrogens is 250 g/mol. The second-order valence-corrected chi connectivity index (χ2v) is 4.77. The maximum Gasteiger partial charge on any atom is 0.121 e. The highest BCUT2D eigenvalue weighted by atomic mass is 35.5. The highest BCUT2D eigenvalue weighted by Gasteiger charge is 2.23. The first-order valence-electron chi connectivity index (χ1n) is 5.86. The lowest BCUT2D eigenvalue weighted by molar-refractivity contribution is 0.414. The third-order valence-electron chi connectivity index (χ3n) is 3.28. The van der Waals surface area contributed by atoms with Gasteiger partial charge in [0.2, 0.25) is 0 Å². The second kappa shape index (κ2) is 4.63. The predicted molar refractivity (Wildman–Crippen MR) is 70.7 cm³/mol. The monoisotopic (exact) mass is 263 g/mol. The van der Waals surface area contributed by atoms with Crippen molar-refractivity contribution < 1.29 is 4.74 Å². The molecule has 2 heterocycles. The van der Waals surface area contributed by atoms with Crippen molar-refractivity contribution in [2.75, 3.05) is 20.2 Å². The Labute approximate surface area is 111 Å². The molecule has 1 aliphatic heterocycles. The van der Waals surface area contributed by atoms with E-state index in [9.17, 15) is 0 Å². The van der Waals surface area contributed by atoms with Gasteiger partial charge in [-0.25, -0.2) is 4.98 Å². The smallest absolute Gasteiger partial charge is 0.121 e. The summed E-state index contributed by atoms with van der Waals surface area (Å²) in [5, 5.41) is 3.96. The Morgan fingerprint density at radius 2 is 2.28 bits per heavy atom. The van der Waals surface area contributed by atoms with Crippen LogP contribution in [-0.2, 0) is 0 Å². The number of hydrogen-bond acceptors (Lipinski definition) is 3. The molecule has 0 aliphatic carbocycles. The third kappa shape index (κ3) is 1.87. The molecule has 5 heteroatoms. The normalized spacial score (nSPS) is 15.4. The lowest BCUT2D eigenvalue weighted by atomic mass is 10.00. The van der Waals surface area contributed by atoms with E-state index < -0.39 is 0 Å². The van der Waals surface area contributed by atoms with Gasteiger partial charge in [0.05, 0.1) is 24.1 Å². The van der Waals surface area contributed by atoms with Crippen LogP contribution in [0.4, 0.5) is 0 Å². The molecule has 0 amide bonds. The molecule has 1 N–H and O–H groups in total. The van der Waals surface area contributed by atoms with Crippen molar-refractivity contribution in [3.05, 3.63) is 41.4 Å². The van der Waals surface area contributed by atoms with Gasteiger partial charge in [0.1, 0.15) is 5.75 Å². The summed E-state index contributed by atoms with van der Waals surface area (Å²) in [6, 6.07) is 5.63. The Hall–Kier alpha value is -1.52. The molecular formula is C13H14ClN3O. The van der Waals surface area contributed by atoms with Crippen LogP contribution in [0.1, 0.15) is 11.6 Å². The lowest BCUT2D eigenvalue weighted by Crippen LogP contribution is -2.40. The molecule has 0 saturated carbocycles. The highest BCUT2D eigenvalue weighted by molar-refractivity contribution is 6.32. The van der Waals surface area contributed by atoms with Crippen molar-refractivity contribution >= 4 is 11.6 Å². The summed E-state index contributed by atoms with van der Waals surface area (Å²) >= 11 is 6.26. The maximum absolute atomic E-state index is 6.26. The summed E-state index contributed by atoms with van der Waals surface area (Å²) < 4.78 is 7.28. The lowest BCUT2D eigenvalue weighted by Gasteiger charge is -2.28. The molecule has 2 aromatic rings. The molecule has 0 bridgehead atoms. The van der Waals surface area contributed by atoms with Gasteiger partial charge in [-0.3, -0.25) is 0 Å². The summed E-state index contributed by atoms with van der Waals surface area (Å²) in [7, 11) is 1.65. The number of rotatable bonds is 3. The molecule has 0 spiro atoms. The van der Waals surface area contributed by atoms with E-state index in [2.05, 4.69) is 10.3 Å². The van der Waals surface area contributed by atoms with Crippen molar-refractivity contribution in [1.82, 2.24) is 14.9 Å². The first-order chi connectivity index (χ1) is 8.79. The fourth-order valence-electron chi connectivity index (χ4n) is 2.11. The van der Waals surface area contributed by atoms with Crippen LogP contribution in [-0.4, -0.2) is 29.8 Å². The molecule has 4 nitrogen and oxygen atoms in total. The minimum atomic E-state index is 0.509. The van der Waals surface area contributed by atoms with Gasteiger partial charge in [0, 0.05) is 37.0 Å². The van der Waals surface area contributed by atoms with Crippen LogP contribution < -0.4 is 10.1 Å². The van der Waals surface area contributed by atoms with Gasteiger partial charge in [-0.15, -0.1) is 0 Å². The van der Waals surface area contributed by atoms with E-state index in [1.54, 1.807) is 13.4 Å². The van der Waals surface area contributed by atoms with E-state index in [-0.39, 0.29) is 0 Å². The SMILES string of the molecule is COc1ccc(Cl)c(-n2cncc2C2CNC2)c1. The Balaban J connectivity index is 2.06. The van der Waals surface area contributed by atoms with Crippen molar-refractivity contribution in [3.63, 3.8) is 0 Å². The van der Waals surface area contributed by atoms with Gasteiger partial charge in [0.15, 0.2) is 0 Å². The first kappa shape index (κ1) is 11.6. The predicted octanol–water partition coefficient (Wildman–Crippen LogP) is 2.22. The number of methoxy groups -OCH3 is 1. The number of nitrogens with one attached hydrogen (secondary N) is 1. The van der Waals surface area contributed by atoms with Crippen LogP contribution in [0.25, 0.3) is 5.69 Å². The molecule has 0 unspecified atom stereocenters. The average molecular weight is 264 g/mol. The molecule has 1 aromatic carbocycles. The number of aromatic nitrogens is 2. The standard InChI is InChI=1S/C13H14ClN3O/c1-18-10-2-3-11(14)12(4-10)17-8-16-7-13(17)9-5-15-6-9/h2-4,7-9,15H,5-6H2,1H3.